The minimum Gasteiger partial charge on any atom is -0.460 e. The van der Waals surface area contributed by atoms with E-state index in [0.29, 0.717) is 14.8 Å². The highest BCUT2D eigenvalue weighted by Gasteiger charge is 2.39. The molecule has 260 valence electrons. The summed E-state index contributed by atoms with van der Waals surface area (Å²) in [5.74, 6) is -1.20. The van der Waals surface area contributed by atoms with E-state index in [-0.39, 0.29) is 42.1 Å². The molecule has 0 saturated carbocycles. The lowest BCUT2D eigenvalue weighted by atomic mass is 10.1. The molecule has 0 unspecified atom stereocenters. The molecule has 0 spiro atoms. The highest BCUT2D eigenvalue weighted by molar-refractivity contribution is 8.27. The highest BCUT2D eigenvalue weighted by atomic mass is 35.6. The largest absolute Gasteiger partial charge is 0.460 e. The molecule has 1 saturated heterocycles. The second kappa shape index (κ2) is 16.9. The van der Waals surface area contributed by atoms with Crippen LogP contribution in [-0.2, 0) is 17.1 Å². The summed E-state index contributed by atoms with van der Waals surface area (Å²) in [7, 11) is 0. The number of anilines is 1. The van der Waals surface area contributed by atoms with E-state index in [9.17, 15) is 9.59 Å². The third-order valence-electron chi connectivity index (χ3n) is 7.46. The molecule has 2 aliphatic rings. The van der Waals surface area contributed by atoms with Crippen LogP contribution in [-0.4, -0.2) is 55.7 Å². The summed E-state index contributed by atoms with van der Waals surface area (Å²) in [4.78, 5) is 44.3. The molecule has 2 aromatic carbocycles. The molecule has 3 heterocycles. The Bertz CT molecular complexity index is 1720. The fraction of sp³-hybridized carbons (Fsp3) is 0.375. The topological polar surface area (TPSA) is 88.5 Å². The fourth-order valence-corrected chi connectivity index (χ4v) is 8.18. The molecule has 0 aliphatic carbocycles. The number of halogens is 6. The number of hydrogen-bond acceptors (Lipinski definition) is 10. The number of thiocarbonyl (C=S) groups is 1. The number of hydrogen-bond donors (Lipinski definition) is 0. The van der Waals surface area contributed by atoms with Crippen molar-refractivity contribution in [1.29, 1.82) is 0 Å². The van der Waals surface area contributed by atoms with Gasteiger partial charge in [-0.1, -0.05) is 169 Å². The second-order valence-corrected chi connectivity index (χ2v) is 18.2. The molecule has 1 amide bonds. The number of thioether (sulfide) groups is 2. The molecule has 0 bridgehead atoms. The Morgan fingerprint density at radius 1 is 0.816 bits per heavy atom. The van der Waals surface area contributed by atoms with Gasteiger partial charge in [-0.05, 0) is 30.7 Å². The standard InChI is InChI=1S/C32H29Cl6N5O3S3/c1-2-3-4-5-6-9-16-42-21-10-7-8-11-22(21)48-26(42)23-25(44)43(30(47)49-23)17-18-46-27(45)20-14-12-19(13-15-20)24-39-28(31(33,34)35)41-29(40-24)32(36,37)38/h7-8,10-15H,2-6,9,16-18H2,1H3. The third kappa shape index (κ3) is 9.67. The predicted molar refractivity (Wildman–Crippen MR) is 206 cm³/mol. The van der Waals surface area contributed by atoms with E-state index in [4.69, 9.17) is 86.6 Å². The number of unbranched alkanes of at least 4 members (excludes halogenated alkanes) is 5. The lowest BCUT2D eigenvalue weighted by Crippen LogP contribution is -2.32. The number of benzene rings is 2. The van der Waals surface area contributed by atoms with Crippen molar-refractivity contribution >= 4 is 127 Å². The third-order valence-corrected chi connectivity index (χ3v) is 11.2. The van der Waals surface area contributed by atoms with Crippen LogP contribution in [0.2, 0.25) is 0 Å². The van der Waals surface area contributed by atoms with E-state index in [1.165, 1.54) is 54.5 Å². The minimum atomic E-state index is -2.01. The highest BCUT2D eigenvalue weighted by Crippen LogP contribution is 2.50. The number of ether oxygens (including phenoxy) is 1. The Hall–Kier alpha value is -1.54. The van der Waals surface area contributed by atoms with Crippen LogP contribution in [0.3, 0.4) is 0 Å². The summed E-state index contributed by atoms with van der Waals surface area (Å²) < 4.78 is 1.92. The van der Waals surface area contributed by atoms with Gasteiger partial charge in [0.1, 0.15) is 20.9 Å². The second-order valence-electron chi connectivity index (χ2n) is 11.0. The Morgan fingerprint density at radius 3 is 2.10 bits per heavy atom. The van der Waals surface area contributed by atoms with Crippen molar-refractivity contribution in [2.24, 2.45) is 0 Å². The van der Waals surface area contributed by atoms with Crippen molar-refractivity contribution in [2.75, 3.05) is 24.6 Å². The average molecular weight is 841 g/mol. The molecule has 1 fully saturated rings. The molecule has 49 heavy (non-hydrogen) atoms. The van der Waals surface area contributed by atoms with Gasteiger partial charge in [-0.15, -0.1) is 0 Å². The molecule has 1 aromatic heterocycles. The number of aromatic nitrogens is 3. The van der Waals surface area contributed by atoms with E-state index in [1.54, 1.807) is 23.9 Å². The first kappa shape index (κ1) is 38.7. The van der Waals surface area contributed by atoms with Crippen molar-refractivity contribution in [3.63, 3.8) is 0 Å². The van der Waals surface area contributed by atoms with Gasteiger partial charge in [-0.2, -0.15) is 0 Å². The van der Waals surface area contributed by atoms with Crippen molar-refractivity contribution < 1.29 is 14.3 Å². The molecule has 2 aliphatic heterocycles. The monoisotopic (exact) mass is 837 g/mol. The maximum absolute atomic E-state index is 13.7. The van der Waals surface area contributed by atoms with Gasteiger partial charge in [-0.25, -0.2) is 19.7 Å². The van der Waals surface area contributed by atoms with E-state index in [1.807, 2.05) is 12.1 Å². The number of alkyl halides is 6. The van der Waals surface area contributed by atoms with Gasteiger partial charge in [0.2, 0.25) is 7.59 Å². The maximum atomic E-state index is 13.7. The smallest absolute Gasteiger partial charge is 0.338 e. The van der Waals surface area contributed by atoms with Crippen LogP contribution in [0.1, 0.15) is 67.5 Å². The van der Waals surface area contributed by atoms with Crippen LogP contribution in [0, 0.1) is 0 Å². The molecule has 0 N–H and O–H groups in total. The molecule has 3 aromatic rings. The van der Waals surface area contributed by atoms with Crippen LogP contribution >= 0.6 is 105 Å². The van der Waals surface area contributed by atoms with Crippen molar-refractivity contribution in [2.45, 2.75) is 57.9 Å². The zero-order valence-corrected chi connectivity index (χ0v) is 32.9. The number of fused-ring (bicyclic) bond motifs is 1. The minimum absolute atomic E-state index is 0.0584. The Labute approximate surface area is 328 Å². The normalized spacial score (nSPS) is 16.5. The number of carbonyl (C=O) groups excluding carboxylic acids is 2. The van der Waals surface area contributed by atoms with E-state index >= 15 is 0 Å². The van der Waals surface area contributed by atoms with Gasteiger partial charge in [0.15, 0.2) is 17.5 Å². The number of rotatable bonds is 12. The lowest BCUT2D eigenvalue weighted by Gasteiger charge is -2.21. The zero-order valence-electron chi connectivity index (χ0n) is 25.9. The van der Waals surface area contributed by atoms with Gasteiger partial charge in [0, 0.05) is 17.0 Å². The average Bonchev–Trinajstić information content (AvgIpc) is 3.57. The van der Waals surface area contributed by atoms with Gasteiger partial charge in [-0.3, -0.25) is 9.69 Å². The summed E-state index contributed by atoms with van der Waals surface area (Å²) in [6.07, 6.45) is 7.07. The first-order valence-corrected chi connectivity index (χ1v) is 19.6. The summed E-state index contributed by atoms with van der Waals surface area (Å²) in [5, 5.41) is 0.895. The molecular weight excluding hydrogens is 811 g/mol. The van der Waals surface area contributed by atoms with Crippen molar-refractivity contribution in [1.82, 2.24) is 19.9 Å². The zero-order chi connectivity index (χ0) is 35.3. The number of para-hydroxylation sites is 1. The van der Waals surface area contributed by atoms with E-state index in [0.717, 1.165) is 35.0 Å². The van der Waals surface area contributed by atoms with Gasteiger partial charge < -0.3 is 9.64 Å². The lowest BCUT2D eigenvalue weighted by molar-refractivity contribution is -0.122. The van der Waals surface area contributed by atoms with Crippen LogP contribution in [0.15, 0.2) is 63.4 Å². The maximum Gasteiger partial charge on any atom is 0.338 e. The van der Waals surface area contributed by atoms with Crippen LogP contribution in [0.25, 0.3) is 11.4 Å². The van der Waals surface area contributed by atoms with Gasteiger partial charge in [0.05, 0.1) is 17.8 Å². The summed E-state index contributed by atoms with van der Waals surface area (Å²) in [6.45, 7) is 3.09. The Balaban J connectivity index is 1.22. The molecule has 0 atom stereocenters. The Morgan fingerprint density at radius 2 is 1.45 bits per heavy atom. The SMILES string of the molecule is CCCCCCCCN1C(=C2SC(=S)N(CCOC(=O)c3ccc(-c4nc(C(Cl)(Cl)Cl)nc(C(Cl)(Cl)Cl)n4)cc3)C2=O)Sc2ccccc21. The number of nitrogens with zero attached hydrogens (tertiary/aromatic N) is 5. The summed E-state index contributed by atoms with van der Waals surface area (Å²) in [6, 6.07) is 14.3. The van der Waals surface area contributed by atoms with Gasteiger partial charge >= 0.3 is 5.97 Å². The first-order valence-electron chi connectivity index (χ1n) is 15.3. The van der Waals surface area contributed by atoms with Gasteiger partial charge in [0.25, 0.3) is 5.91 Å². The van der Waals surface area contributed by atoms with Crippen molar-refractivity contribution in [3.8, 4) is 11.4 Å². The summed E-state index contributed by atoms with van der Waals surface area (Å²) in [5.41, 5.74) is 1.79. The molecule has 5 rings (SSSR count). The molecular formula is C32H29Cl6N5O3S3. The van der Waals surface area contributed by atoms with Crippen LogP contribution in [0.4, 0.5) is 5.69 Å². The van der Waals surface area contributed by atoms with Crippen LogP contribution in [0.5, 0.6) is 0 Å². The fourth-order valence-electron chi connectivity index (χ4n) is 5.02. The van der Waals surface area contributed by atoms with E-state index < -0.39 is 13.6 Å². The van der Waals surface area contributed by atoms with Crippen molar-refractivity contribution in [3.05, 3.63) is 75.7 Å². The number of esters is 1. The quantitative estimate of drug-likeness (QED) is 0.0578. The summed E-state index contributed by atoms with van der Waals surface area (Å²) >= 11 is 44.3. The number of carbonyl (C=O) groups is 2. The molecule has 0 radical (unpaired) electrons. The molecule has 8 nitrogen and oxygen atoms in total. The van der Waals surface area contributed by atoms with Crippen LogP contribution < -0.4 is 4.90 Å². The first-order chi connectivity index (χ1) is 23.3. The van der Waals surface area contributed by atoms with E-state index in [2.05, 4.69) is 38.9 Å². The Kier molecular flexibility index (Phi) is 13.3. The number of amides is 1. The molecule has 17 heteroatoms. The predicted octanol–water partition coefficient (Wildman–Crippen LogP) is 10.4.